The molecule has 2 rings (SSSR count). The average molecular weight is 285 g/mol. The molecule has 0 spiro atoms. The number of anilines is 2. The van der Waals surface area contributed by atoms with Gasteiger partial charge in [-0.3, -0.25) is 15.1 Å². The Labute approximate surface area is 124 Å². The number of nitrogens with one attached hydrogen (secondary N) is 1. The summed E-state index contributed by atoms with van der Waals surface area (Å²) < 4.78 is 0. The van der Waals surface area contributed by atoms with Gasteiger partial charge in [-0.25, -0.2) is 4.98 Å². The van der Waals surface area contributed by atoms with Crippen LogP contribution in [0.2, 0.25) is 0 Å². The molecule has 0 unspecified atom stereocenters. The Bertz CT molecular complexity index is 621. The fraction of sp³-hybridized carbons (Fsp3) is 0.250. The first-order valence-corrected chi connectivity index (χ1v) is 6.69. The van der Waals surface area contributed by atoms with Crippen LogP contribution in [0.1, 0.15) is 31.1 Å². The first-order valence-electron chi connectivity index (χ1n) is 6.69. The van der Waals surface area contributed by atoms with Crippen molar-refractivity contribution in [3.8, 4) is 0 Å². The molecule has 0 radical (unpaired) electrons. The second-order valence-corrected chi connectivity index (χ2v) is 5.70. The largest absolute Gasteiger partial charge is 0.307 e. The van der Waals surface area contributed by atoms with Crippen molar-refractivity contribution in [1.29, 1.82) is 0 Å². The molecule has 0 aliphatic carbocycles. The van der Waals surface area contributed by atoms with Crippen molar-refractivity contribution in [3.05, 3.63) is 54.2 Å². The highest BCUT2D eigenvalue weighted by Gasteiger charge is 2.20. The minimum absolute atomic E-state index is 0.266. The monoisotopic (exact) mass is 285 g/mol. The van der Waals surface area contributed by atoms with E-state index < -0.39 is 5.54 Å². The van der Waals surface area contributed by atoms with Crippen LogP contribution in [-0.4, -0.2) is 21.6 Å². The maximum atomic E-state index is 12.2. The molecule has 1 heterocycles. The van der Waals surface area contributed by atoms with Crippen LogP contribution in [0.25, 0.3) is 0 Å². The molecule has 0 bridgehead atoms. The third-order valence-electron chi connectivity index (χ3n) is 2.89. The van der Waals surface area contributed by atoms with Crippen LogP contribution in [0.4, 0.5) is 11.5 Å². The van der Waals surface area contributed by atoms with Crippen molar-refractivity contribution in [1.82, 2.24) is 4.98 Å². The first-order chi connectivity index (χ1) is 9.88. The van der Waals surface area contributed by atoms with Crippen molar-refractivity contribution >= 4 is 17.4 Å². The summed E-state index contributed by atoms with van der Waals surface area (Å²) in [6, 6.07) is 12.1. The standard InChI is InChI=1S/C16H19N3O2/c1-16(2,3)19(21)13-8-6-7-12(11-13)15(20)18-14-9-4-5-10-17-14/h4-11,21H,1-3H3,(H,17,18,20). The molecule has 0 atom stereocenters. The number of pyridine rings is 1. The SMILES string of the molecule is CC(C)(C)N(O)c1cccc(C(=O)Nc2ccccn2)c1. The Morgan fingerprint density at radius 3 is 2.57 bits per heavy atom. The summed E-state index contributed by atoms with van der Waals surface area (Å²) in [5, 5.41) is 14.0. The normalized spacial score (nSPS) is 11.0. The molecule has 21 heavy (non-hydrogen) atoms. The summed E-state index contributed by atoms with van der Waals surface area (Å²) >= 11 is 0. The summed E-state index contributed by atoms with van der Waals surface area (Å²) in [7, 11) is 0. The van der Waals surface area contributed by atoms with Crippen LogP contribution in [-0.2, 0) is 0 Å². The lowest BCUT2D eigenvalue weighted by Crippen LogP contribution is -2.38. The van der Waals surface area contributed by atoms with Gasteiger partial charge in [0.2, 0.25) is 0 Å². The van der Waals surface area contributed by atoms with Crippen LogP contribution >= 0.6 is 0 Å². The summed E-state index contributed by atoms with van der Waals surface area (Å²) in [6.45, 7) is 5.65. The second-order valence-electron chi connectivity index (χ2n) is 5.70. The number of benzene rings is 1. The van der Waals surface area contributed by atoms with Gasteiger partial charge in [-0.05, 0) is 51.1 Å². The molecule has 0 saturated heterocycles. The molecule has 1 aromatic carbocycles. The van der Waals surface area contributed by atoms with Gasteiger partial charge in [0, 0.05) is 11.8 Å². The van der Waals surface area contributed by atoms with E-state index in [1.54, 1.807) is 48.7 Å². The van der Waals surface area contributed by atoms with Gasteiger partial charge >= 0.3 is 0 Å². The zero-order chi connectivity index (χ0) is 15.5. The lowest BCUT2D eigenvalue weighted by molar-refractivity contribution is 0.102. The van der Waals surface area contributed by atoms with Gasteiger partial charge in [-0.2, -0.15) is 0 Å². The fourth-order valence-electron chi connectivity index (χ4n) is 1.79. The van der Waals surface area contributed by atoms with E-state index in [4.69, 9.17) is 0 Å². The van der Waals surface area contributed by atoms with E-state index in [0.717, 1.165) is 5.06 Å². The third-order valence-corrected chi connectivity index (χ3v) is 2.89. The average Bonchev–Trinajstić information content (AvgIpc) is 2.46. The lowest BCUT2D eigenvalue weighted by atomic mass is 10.1. The van der Waals surface area contributed by atoms with Crippen LogP contribution in [0.5, 0.6) is 0 Å². The van der Waals surface area contributed by atoms with Crippen molar-refractivity contribution in [2.75, 3.05) is 10.4 Å². The number of rotatable bonds is 3. The van der Waals surface area contributed by atoms with E-state index in [1.807, 2.05) is 20.8 Å². The van der Waals surface area contributed by atoms with E-state index >= 15 is 0 Å². The topological polar surface area (TPSA) is 65.5 Å². The van der Waals surface area contributed by atoms with Gasteiger partial charge in [0.25, 0.3) is 5.91 Å². The van der Waals surface area contributed by atoms with Gasteiger partial charge in [0.05, 0.1) is 11.2 Å². The second kappa shape index (κ2) is 5.93. The minimum atomic E-state index is -0.448. The molecule has 1 amide bonds. The minimum Gasteiger partial charge on any atom is -0.307 e. The summed E-state index contributed by atoms with van der Waals surface area (Å²) in [4.78, 5) is 16.2. The van der Waals surface area contributed by atoms with Gasteiger partial charge in [-0.1, -0.05) is 12.1 Å². The highest BCUT2D eigenvalue weighted by molar-refractivity contribution is 6.04. The third kappa shape index (κ3) is 3.79. The van der Waals surface area contributed by atoms with E-state index in [-0.39, 0.29) is 5.91 Å². The van der Waals surface area contributed by atoms with Gasteiger partial charge < -0.3 is 5.32 Å². The summed E-state index contributed by atoms with van der Waals surface area (Å²) in [5.41, 5.74) is 0.577. The molecule has 2 aromatic rings. The highest BCUT2D eigenvalue weighted by Crippen LogP contribution is 2.22. The van der Waals surface area contributed by atoms with Crippen molar-refractivity contribution < 1.29 is 10.0 Å². The Kier molecular flexibility index (Phi) is 4.23. The van der Waals surface area contributed by atoms with Crippen LogP contribution < -0.4 is 10.4 Å². The van der Waals surface area contributed by atoms with Gasteiger partial charge in [0.1, 0.15) is 5.82 Å². The number of amides is 1. The number of carbonyl (C=O) groups excluding carboxylic acids is 1. The molecule has 5 heteroatoms. The molecular formula is C16H19N3O2. The number of hydroxylamine groups is 1. The highest BCUT2D eigenvalue weighted by atomic mass is 16.5. The van der Waals surface area contributed by atoms with E-state index in [2.05, 4.69) is 10.3 Å². The smallest absolute Gasteiger partial charge is 0.256 e. The van der Waals surface area contributed by atoms with Crippen molar-refractivity contribution in [2.45, 2.75) is 26.3 Å². The van der Waals surface area contributed by atoms with Crippen LogP contribution in [0.3, 0.4) is 0 Å². The van der Waals surface area contributed by atoms with Gasteiger partial charge in [-0.15, -0.1) is 0 Å². The number of aromatic nitrogens is 1. The van der Waals surface area contributed by atoms with E-state index in [9.17, 15) is 10.0 Å². The Morgan fingerprint density at radius 2 is 1.95 bits per heavy atom. The maximum absolute atomic E-state index is 12.2. The first kappa shape index (κ1) is 15.0. The maximum Gasteiger partial charge on any atom is 0.256 e. The quantitative estimate of drug-likeness (QED) is 0.849. The Morgan fingerprint density at radius 1 is 1.19 bits per heavy atom. The lowest BCUT2D eigenvalue weighted by Gasteiger charge is -2.31. The predicted octanol–water partition coefficient (Wildman–Crippen LogP) is 3.33. The predicted molar refractivity (Wildman–Crippen MR) is 82.7 cm³/mol. The number of carbonyl (C=O) groups is 1. The molecule has 0 aliphatic heterocycles. The molecule has 0 aliphatic rings. The van der Waals surface area contributed by atoms with Crippen molar-refractivity contribution in [3.63, 3.8) is 0 Å². The Hall–Kier alpha value is -2.40. The molecule has 0 saturated carbocycles. The van der Waals surface area contributed by atoms with Crippen LogP contribution in [0, 0.1) is 0 Å². The zero-order valence-electron chi connectivity index (χ0n) is 12.4. The zero-order valence-corrected chi connectivity index (χ0v) is 12.4. The summed E-state index contributed by atoms with van der Waals surface area (Å²) in [6.07, 6.45) is 1.61. The molecule has 5 nitrogen and oxygen atoms in total. The number of nitrogens with zero attached hydrogens (tertiary/aromatic N) is 2. The molecule has 2 N–H and O–H groups in total. The van der Waals surface area contributed by atoms with E-state index in [0.29, 0.717) is 17.1 Å². The fourth-order valence-corrected chi connectivity index (χ4v) is 1.79. The molecule has 1 aromatic heterocycles. The summed E-state index contributed by atoms with van der Waals surface area (Å²) in [5.74, 6) is 0.224. The number of hydrogen-bond acceptors (Lipinski definition) is 4. The molecular weight excluding hydrogens is 266 g/mol. The van der Waals surface area contributed by atoms with Gasteiger partial charge in [0.15, 0.2) is 0 Å². The molecule has 110 valence electrons. The van der Waals surface area contributed by atoms with E-state index in [1.165, 1.54) is 0 Å². The van der Waals surface area contributed by atoms with Crippen LogP contribution in [0.15, 0.2) is 48.7 Å². The molecule has 0 fully saturated rings. The van der Waals surface area contributed by atoms with Crippen molar-refractivity contribution in [2.24, 2.45) is 0 Å². The Balaban J connectivity index is 2.19. The number of hydrogen-bond donors (Lipinski definition) is 2.